The zero-order valence-electron chi connectivity index (χ0n) is 14.7. The van der Waals surface area contributed by atoms with Crippen molar-refractivity contribution in [1.29, 1.82) is 0 Å². The molecule has 0 saturated heterocycles. The Hall–Kier alpha value is -3.11. The molecule has 2 heterocycles. The second-order valence-corrected chi connectivity index (χ2v) is 6.45. The van der Waals surface area contributed by atoms with Crippen molar-refractivity contribution in [2.45, 2.75) is 13.8 Å². The summed E-state index contributed by atoms with van der Waals surface area (Å²) in [5, 5.41) is 37.0. The molecule has 2 aromatic heterocycles. The summed E-state index contributed by atoms with van der Waals surface area (Å²) in [5.41, 5.74) is 0.386. The predicted octanol–water partition coefficient (Wildman–Crippen LogP) is 3.58. The summed E-state index contributed by atoms with van der Waals surface area (Å²) in [5.74, 6) is -0.916. The van der Waals surface area contributed by atoms with E-state index in [-0.39, 0.29) is 44.5 Å². The van der Waals surface area contributed by atoms with Crippen LogP contribution in [0.3, 0.4) is 0 Å². The number of methoxy groups -OCH3 is 1. The summed E-state index contributed by atoms with van der Waals surface area (Å²) >= 11 is 12.3. The van der Waals surface area contributed by atoms with Crippen LogP contribution in [0.5, 0.6) is 11.5 Å². The quantitative estimate of drug-likeness (QED) is 0.219. The summed E-state index contributed by atoms with van der Waals surface area (Å²) < 4.78 is 10.6. The van der Waals surface area contributed by atoms with Gasteiger partial charge in [0.25, 0.3) is 11.0 Å². The maximum atomic E-state index is 12.1. The summed E-state index contributed by atoms with van der Waals surface area (Å²) in [7, 11) is 1.24. The topological polar surface area (TPSA) is 138 Å². The van der Waals surface area contributed by atoms with Crippen molar-refractivity contribution in [3.8, 4) is 34.3 Å². The van der Waals surface area contributed by atoms with Crippen molar-refractivity contribution in [3.05, 3.63) is 48.9 Å². The highest BCUT2D eigenvalue weighted by atomic mass is 35.5. The number of phenolic OH excluding ortho intramolecular Hbond substituents is 1. The molecule has 0 radical (unpaired) electrons. The number of pyridine rings is 1. The number of aromatic nitrogens is 3. The Morgan fingerprint density at radius 2 is 2.00 bits per heavy atom. The number of nitrogens with zero attached hydrogens (tertiary/aromatic N) is 4. The minimum absolute atomic E-state index is 0.0290. The van der Waals surface area contributed by atoms with Crippen LogP contribution in [0.4, 0.5) is 5.69 Å². The van der Waals surface area contributed by atoms with Crippen molar-refractivity contribution in [3.63, 3.8) is 0 Å². The van der Waals surface area contributed by atoms with E-state index < -0.39 is 16.4 Å². The van der Waals surface area contributed by atoms with Gasteiger partial charge in [0.05, 0.1) is 17.6 Å². The molecule has 0 aliphatic carbocycles. The third-order valence-corrected chi connectivity index (χ3v) is 4.98. The van der Waals surface area contributed by atoms with E-state index in [0.717, 1.165) is 6.07 Å². The lowest BCUT2D eigenvalue weighted by Crippen LogP contribution is -2.33. The van der Waals surface area contributed by atoms with Crippen LogP contribution in [0.25, 0.3) is 22.8 Å². The summed E-state index contributed by atoms with van der Waals surface area (Å²) in [6, 6.07) is 2.35. The molecule has 0 spiro atoms. The maximum Gasteiger partial charge on any atom is 0.315 e. The predicted molar refractivity (Wildman–Crippen MR) is 98.5 cm³/mol. The third kappa shape index (κ3) is 3.06. The highest BCUT2D eigenvalue weighted by molar-refractivity contribution is 6.34. The summed E-state index contributed by atoms with van der Waals surface area (Å²) in [6.45, 7) is 3.16. The first-order valence-electron chi connectivity index (χ1n) is 7.64. The number of ether oxygens (including phenoxy) is 1. The van der Waals surface area contributed by atoms with Crippen LogP contribution in [-0.2, 0) is 0 Å². The molecule has 28 heavy (non-hydrogen) atoms. The van der Waals surface area contributed by atoms with E-state index in [1.54, 1.807) is 6.92 Å². The van der Waals surface area contributed by atoms with E-state index in [0.29, 0.717) is 10.3 Å². The van der Waals surface area contributed by atoms with Crippen molar-refractivity contribution in [2.24, 2.45) is 0 Å². The largest absolute Gasteiger partial charge is 0.617 e. The van der Waals surface area contributed by atoms with Gasteiger partial charge in [0.15, 0.2) is 5.75 Å². The molecule has 0 amide bonds. The zero-order chi connectivity index (χ0) is 20.7. The van der Waals surface area contributed by atoms with Crippen molar-refractivity contribution < 1.29 is 24.0 Å². The molecule has 10 nitrogen and oxygen atoms in total. The van der Waals surface area contributed by atoms with Gasteiger partial charge in [-0.1, -0.05) is 16.8 Å². The van der Waals surface area contributed by atoms with Gasteiger partial charge < -0.3 is 19.6 Å². The minimum atomic E-state index is -0.778. The Bertz CT molecular complexity index is 1090. The molecule has 3 aromatic rings. The Morgan fingerprint density at radius 1 is 1.32 bits per heavy atom. The van der Waals surface area contributed by atoms with Gasteiger partial charge in [-0.15, -0.1) is 0 Å². The van der Waals surface area contributed by atoms with Crippen LogP contribution >= 0.6 is 23.2 Å². The first-order valence-corrected chi connectivity index (χ1v) is 8.40. The molecule has 0 unspecified atom stereocenters. The van der Waals surface area contributed by atoms with Gasteiger partial charge >= 0.3 is 5.69 Å². The number of nitro groups is 1. The van der Waals surface area contributed by atoms with Gasteiger partial charge in [0.1, 0.15) is 10.6 Å². The molecule has 0 atom stereocenters. The fourth-order valence-electron chi connectivity index (χ4n) is 2.59. The van der Waals surface area contributed by atoms with Gasteiger partial charge in [-0.25, -0.2) is 0 Å². The Balaban J connectivity index is 2.17. The lowest BCUT2D eigenvalue weighted by molar-refractivity contribution is -0.609. The van der Waals surface area contributed by atoms with Crippen LogP contribution in [0.2, 0.25) is 10.2 Å². The van der Waals surface area contributed by atoms with Gasteiger partial charge in [0.2, 0.25) is 17.3 Å². The van der Waals surface area contributed by atoms with Gasteiger partial charge in [0, 0.05) is 13.0 Å². The molecule has 12 heteroatoms. The third-order valence-electron chi connectivity index (χ3n) is 4.08. The molecule has 3 rings (SSSR count). The number of hydrogen-bond donors (Lipinski definition) is 1. The Labute approximate surface area is 167 Å². The second kappa shape index (κ2) is 7.13. The average Bonchev–Trinajstić information content (AvgIpc) is 3.14. The molecule has 0 bridgehead atoms. The van der Waals surface area contributed by atoms with Crippen molar-refractivity contribution >= 4 is 28.9 Å². The molecule has 0 saturated carbocycles. The fraction of sp³-hybridized carbons (Fsp3) is 0.188. The number of nitro benzene ring substituents is 1. The molecular weight excluding hydrogens is 415 g/mol. The Morgan fingerprint density at radius 3 is 2.61 bits per heavy atom. The van der Waals surface area contributed by atoms with Crippen LogP contribution in [0.15, 0.2) is 16.7 Å². The van der Waals surface area contributed by atoms with Crippen molar-refractivity contribution in [2.75, 3.05) is 7.11 Å². The standard InChI is InChI=1S/C16H12Cl2N4O6/c1-6-11(14(18)21(24)7(2)12(6)17)15-19-16(28-20-15)8-4-9(22(25)26)13(23)10(5-8)27-3/h4-5,23H,1-3H3. The number of hydrogen-bond acceptors (Lipinski definition) is 8. The van der Waals surface area contributed by atoms with E-state index in [1.165, 1.54) is 20.1 Å². The normalized spacial score (nSPS) is 10.9. The first kappa shape index (κ1) is 19.6. The fourth-order valence-corrected chi connectivity index (χ4v) is 3.11. The van der Waals surface area contributed by atoms with Crippen LogP contribution < -0.4 is 9.47 Å². The molecule has 0 fully saturated rings. The molecule has 1 aromatic carbocycles. The number of aromatic hydroxyl groups is 1. The SMILES string of the molecule is COc1cc(-c2nc(-c3c(C)c(Cl)c(C)[n+]([O-])c3Cl)no2)cc([N+](=O)[O-])c1O. The molecule has 146 valence electrons. The summed E-state index contributed by atoms with van der Waals surface area (Å²) in [4.78, 5) is 14.5. The van der Waals surface area contributed by atoms with E-state index in [9.17, 15) is 20.4 Å². The number of benzene rings is 1. The number of halogens is 2. The van der Waals surface area contributed by atoms with Gasteiger partial charge in [-0.2, -0.15) is 9.71 Å². The maximum absolute atomic E-state index is 12.1. The minimum Gasteiger partial charge on any atom is -0.617 e. The zero-order valence-corrected chi connectivity index (χ0v) is 16.2. The second-order valence-electron chi connectivity index (χ2n) is 5.71. The smallest absolute Gasteiger partial charge is 0.315 e. The van der Waals surface area contributed by atoms with Gasteiger partial charge in [-0.3, -0.25) is 10.1 Å². The Kier molecular flexibility index (Phi) is 5.01. The number of rotatable bonds is 4. The van der Waals surface area contributed by atoms with E-state index in [2.05, 4.69) is 10.1 Å². The molecule has 0 aliphatic heterocycles. The molecule has 0 aliphatic rings. The van der Waals surface area contributed by atoms with Gasteiger partial charge in [-0.05, 0) is 30.2 Å². The van der Waals surface area contributed by atoms with E-state index in [4.69, 9.17) is 32.5 Å². The van der Waals surface area contributed by atoms with Crippen LogP contribution in [0, 0.1) is 29.2 Å². The summed E-state index contributed by atoms with van der Waals surface area (Å²) in [6.07, 6.45) is 0. The first-order chi connectivity index (χ1) is 13.2. The molecule has 1 N–H and O–H groups in total. The van der Waals surface area contributed by atoms with Crippen LogP contribution in [-0.4, -0.2) is 27.3 Å². The number of phenols is 1. The van der Waals surface area contributed by atoms with E-state index >= 15 is 0 Å². The highest BCUT2D eigenvalue weighted by Crippen LogP contribution is 2.40. The molecular formula is C16H12Cl2N4O6. The lowest BCUT2D eigenvalue weighted by atomic mass is 10.1. The van der Waals surface area contributed by atoms with E-state index in [1.807, 2.05) is 0 Å². The monoisotopic (exact) mass is 426 g/mol. The highest BCUT2D eigenvalue weighted by Gasteiger charge is 2.28. The van der Waals surface area contributed by atoms with Crippen LogP contribution in [0.1, 0.15) is 11.3 Å². The average molecular weight is 427 g/mol. The lowest BCUT2D eigenvalue weighted by Gasteiger charge is -2.10. The van der Waals surface area contributed by atoms with Crippen molar-refractivity contribution in [1.82, 2.24) is 10.1 Å².